The molecule has 1 aromatic rings. The van der Waals surface area contributed by atoms with E-state index in [1.165, 1.54) is 4.88 Å². The number of nitrogens with one attached hydrogen (secondary N) is 2. The van der Waals surface area contributed by atoms with Crippen LogP contribution in [0.4, 0.5) is 0 Å². The van der Waals surface area contributed by atoms with E-state index >= 15 is 0 Å². The lowest BCUT2D eigenvalue weighted by Crippen LogP contribution is -2.36. The van der Waals surface area contributed by atoms with Crippen LogP contribution in [0.5, 0.6) is 0 Å². The molecule has 1 aliphatic heterocycles. The molecule has 0 fully saturated rings. The van der Waals surface area contributed by atoms with E-state index in [1.807, 2.05) is 13.1 Å². The second-order valence-corrected chi connectivity index (χ2v) is 4.75. The zero-order valence-electron chi connectivity index (χ0n) is 8.78. The Hall–Kier alpha value is -0.370. The molecule has 0 amide bonds. The van der Waals surface area contributed by atoms with Gasteiger partial charge in [-0.1, -0.05) is 0 Å². The molecule has 84 valence electrons. The van der Waals surface area contributed by atoms with Crippen molar-refractivity contribution in [1.82, 2.24) is 15.6 Å². The predicted octanol–water partition coefficient (Wildman–Crippen LogP) is 1.51. The summed E-state index contributed by atoms with van der Waals surface area (Å²) in [6.07, 6.45) is 1.91. The van der Waals surface area contributed by atoms with Crippen molar-refractivity contribution in [1.29, 1.82) is 0 Å². The molecule has 1 unspecified atom stereocenters. The molecular formula is C9H15IN4S. The van der Waals surface area contributed by atoms with Gasteiger partial charge in [0.1, 0.15) is 0 Å². The monoisotopic (exact) mass is 338 g/mol. The summed E-state index contributed by atoms with van der Waals surface area (Å²) in [5, 5.41) is 7.61. The Labute approximate surface area is 111 Å². The Balaban J connectivity index is 0.00000112. The summed E-state index contributed by atoms with van der Waals surface area (Å²) in [6.45, 7) is 5.81. The first-order chi connectivity index (χ1) is 6.74. The van der Waals surface area contributed by atoms with Crippen LogP contribution in [0.1, 0.15) is 16.8 Å². The standard InChI is InChI=1S/C9H14N4S.HI/c1-6-3-11-9(13-6)12-5-8-4-10-7(2)14-8;/h4,6H,3,5H2,1-2H3,(H2,11,12,13);1H. The summed E-state index contributed by atoms with van der Waals surface area (Å²) in [4.78, 5) is 9.75. The molecule has 0 spiro atoms. The molecule has 1 aromatic heterocycles. The van der Waals surface area contributed by atoms with Crippen LogP contribution < -0.4 is 10.6 Å². The number of aliphatic imine (C=N–C) groups is 1. The summed E-state index contributed by atoms with van der Waals surface area (Å²) in [5.74, 6) is 0.906. The molecule has 2 N–H and O–H groups in total. The van der Waals surface area contributed by atoms with Crippen LogP contribution in [0, 0.1) is 6.92 Å². The van der Waals surface area contributed by atoms with Gasteiger partial charge in [0.2, 0.25) is 0 Å². The van der Waals surface area contributed by atoms with Crippen molar-refractivity contribution in [2.75, 3.05) is 6.54 Å². The van der Waals surface area contributed by atoms with Crippen molar-refractivity contribution in [3.63, 3.8) is 0 Å². The summed E-state index contributed by atoms with van der Waals surface area (Å²) in [7, 11) is 0. The molecule has 6 heteroatoms. The van der Waals surface area contributed by atoms with Gasteiger partial charge in [-0.25, -0.2) is 4.98 Å². The predicted molar refractivity (Wildman–Crippen MR) is 74.0 cm³/mol. The SMILES string of the molecule is Cc1ncc(CNC2=NCC(C)N2)s1.I. The van der Waals surface area contributed by atoms with Crippen molar-refractivity contribution < 1.29 is 0 Å². The van der Waals surface area contributed by atoms with Crippen LogP contribution >= 0.6 is 35.3 Å². The maximum Gasteiger partial charge on any atom is 0.191 e. The van der Waals surface area contributed by atoms with Gasteiger partial charge in [0, 0.05) is 17.1 Å². The van der Waals surface area contributed by atoms with E-state index in [9.17, 15) is 0 Å². The highest BCUT2D eigenvalue weighted by molar-refractivity contribution is 14.0. The number of rotatable bonds is 2. The maximum absolute atomic E-state index is 4.32. The molecule has 15 heavy (non-hydrogen) atoms. The van der Waals surface area contributed by atoms with Crippen molar-refractivity contribution in [3.8, 4) is 0 Å². The number of thiazole rings is 1. The lowest BCUT2D eigenvalue weighted by atomic mass is 10.4. The molecule has 2 heterocycles. The van der Waals surface area contributed by atoms with Crippen molar-refractivity contribution in [2.24, 2.45) is 4.99 Å². The highest BCUT2D eigenvalue weighted by atomic mass is 127. The Morgan fingerprint density at radius 1 is 1.67 bits per heavy atom. The molecule has 2 rings (SSSR count). The first-order valence-corrected chi connectivity index (χ1v) is 5.52. The smallest absolute Gasteiger partial charge is 0.191 e. The van der Waals surface area contributed by atoms with Gasteiger partial charge in [-0.15, -0.1) is 35.3 Å². The van der Waals surface area contributed by atoms with E-state index in [0.717, 1.165) is 24.1 Å². The van der Waals surface area contributed by atoms with Gasteiger partial charge in [0.05, 0.1) is 18.1 Å². The minimum atomic E-state index is 0. The Morgan fingerprint density at radius 3 is 3.00 bits per heavy atom. The van der Waals surface area contributed by atoms with E-state index in [0.29, 0.717) is 6.04 Å². The Bertz CT molecular complexity index is 350. The second kappa shape index (κ2) is 5.64. The molecule has 0 aromatic carbocycles. The van der Waals surface area contributed by atoms with Crippen LogP contribution in [0.2, 0.25) is 0 Å². The molecule has 0 aliphatic carbocycles. The van der Waals surface area contributed by atoms with Gasteiger partial charge in [0.25, 0.3) is 0 Å². The molecule has 0 saturated heterocycles. The number of guanidine groups is 1. The number of aryl methyl sites for hydroxylation is 1. The van der Waals surface area contributed by atoms with Crippen molar-refractivity contribution in [3.05, 3.63) is 16.1 Å². The van der Waals surface area contributed by atoms with Crippen LogP contribution in [0.25, 0.3) is 0 Å². The largest absolute Gasteiger partial charge is 0.352 e. The fraction of sp³-hybridized carbons (Fsp3) is 0.556. The average Bonchev–Trinajstić information content (AvgIpc) is 2.72. The third kappa shape index (κ3) is 3.60. The lowest BCUT2D eigenvalue weighted by Gasteiger charge is -2.06. The highest BCUT2D eigenvalue weighted by Crippen LogP contribution is 2.10. The van der Waals surface area contributed by atoms with Gasteiger partial charge >= 0.3 is 0 Å². The summed E-state index contributed by atoms with van der Waals surface area (Å²) >= 11 is 1.72. The Morgan fingerprint density at radius 2 is 2.47 bits per heavy atom. The van der Waals surface area contributed by atoms with Gasteiger partial charge in [0.15, 0.2) is 5.96 Å². The fourth-order valence-corrected chi connectivity index (χ4v) is 2.05. The highest BCUT2D eigenvalue weighted by Gasteiger charge is 2.11. The van der Waals surface area contributed by atoms with Crippen LogP contribution in [-0.2, 0) is 6.54 Å². The van der Waals surface area contributed by atoms with Crippen LogP contribution in [-0.4, -0.2) is 23.5 Å². The molecule has 1 atom stereocenters. The lowest BCUT2D eigenvalue weighted by molar-refractivity contribution is 0.714. The zero-order valence-corrected chi connectivity index (χ0v) is 11.9. The summed E-state index contributed by atoms with van der Waals surface area (Å²) < 4.78 is 0. The minimum Gasteiger partial charge on any atom is -0.352 e. The molecule has 0 saturated carbocycles. The quantitative estimate of drug-likeness (QED) is 0.804. The molecule has 0 radical (unpaired) electrons. The third-order valence-electron chi connectivity index (χ3n) is 2.01. The molecule has 4 nitrogen and oxygen atoms in total. The fourth-order valence-electron chi connectivity index (χ4n) is 1.32. The molecule has 0 bridgehead atoms. The van der Waals surface area contributed by atoms with Crippen molar-refractivity contribution >= 4 is 41.3 Å². The van der Waals surface area contributed by atoms with E-state index in [2.05, 4.69) is 27.5 Å². The summed E-state index contributed by atoms with van der Waals surface area (Å²) in [5.41, 5.74) is 0. The Kier molecular flexibility index (Phi) is 4.78. The van der Waals surface area contributed by atoms with Gasteiger partial charge in [-0.3, -0.25) is 4.99 Å². The van der Waals surface area contributed by atoms with E-state index < -0.39 is 0 Å². The van der Waals surface area contributed by atoms with Crippen molar-refractivity contribution in [2.45, 2.75) is 26.4 Å². The number of hydrogen-bond donors (Lipinski definition) is 2. The van der Waals surface area contributed by atoms with Gasteiger partial charge in [-0.05, 0) is 13.8 Å². The van der Waals surface area contributed by atoms with Gasteiger partial charge in [-0.2, -0.15) is 0 Å². The third-order valence-corrected chi connectivity index (χ3v) is 2.92. The normalized spacial score (nSPS) is 19.1. The molecular weight excluding hydrogens is 323 g/mol. The molecule has 1 aliphatic rings. The maximum atomic E-state index is 4.32. The van der Waals surface area contributed by atoms with E-state index in [1.54, 1.807) is 11.3 Å². The topological polar surface area (TPSA) is 49.3 Å². The first-order valence-electron chi connectivity index (χ1n) is 4.70. The average molecular weight is 338 g/mol. The van der Waals surface area contributed by atoms with E-state index in [-0.39, 0.29) is 24.0 Å². The van der Waals surface area contributed by atoms with Crippen LogP contribution in [0.15, 0.2) is 11.2 Å². The summed E-state index contributed by atoms with van der Waals surface area (Å²) in [6, 6.07) is 0.459. The second-order valence-electron chi connectivity index (χ2n) is 3.43. The van der Waals surface area contributed by atoms with Gasteiger partial charge < -0.3 is 10.6 Å². The first kappa shape index (κ1) is 12.7. The van der Waals surface area contributed by atoms with Crippen LogP contribution in [0.3, 0.4) is 0 Å². The zero-order chi connectivity index (χ0) is 9.97. The minimum absolute atomic E-state index is 0. The number of halogens is 1. The van der Waals surface area contributed by atoms with E-state index in [4.69, 9.17) is 0 Å². The number of hydrogen-bond acceptors (Lipinski definition) is 5. The number of nitrogens with zero attached hydrogens (tertiary/aromatic N) is 2. The number of aromatic nitrogens is 1.